The van der Waals surface area contributed by atoms with Crippen LogP contribution < -0.4 is 0 Å². The molecule has 0 amide bonds. The van der Waals surface area contributed by atoms with Gasteiger partial charge >= 0.3 is 23.9 Å². The normalized spacial score (nSPS) is 20.6. The average molecular weight is 519 g/mol. The number of carbonyl (C=O) groups is 4. The third-order valence-electron chi connectivity index (χ3n) is 5.67. The van der Waals surface area contributed by atoms with Crippen molar-refractivity contribution in [3.8, 4) is 0 Å². The van der Waals surface area contributed by atoms with Gasteiger partial charge in [-0.1, -0.05) is 54.6 Å². The maximum absolute atomic E-state index is 12.9. The molecule has 9 nitrogen and oxygen atoms in total. The molecule has 0 saturated carbocycles. The predicted molar refractivity (Wildman–Crippen MR) is 133 cm³/mol. The van der Waals surface area contributed by atoms with Crippen LogP contribution in [0.4, 0.5) is 0 Å². The minimum atomic E-state index is -1.41. The average Bonchev–Trinajstić information content (AvgIpc) is 2.94. The quantitative estimate of drug-likeness (QED) is 0.323. The van der Waals surface area contributed by atoms with Gasteiger partial charge in [-0.3, -0.25) is 4.79 Å². The minimum Gasteiger partial charge on any atom is -0.459 e. The van der Waals surface area contributed by atoms with Crippen LogP contribution in [-0.2, 0) is 28.5 Å². The zero-order valence-corrected chi connectivity index (χ0v) is 20.6. The molecule has 4 rings (SSSR count). The van der Waals surface area contributed by atoms with E-state index in [1.54, 1.807) is 91.0 Å². The fourth-order valence-corrected chi connectivity index (χ4v) is 3.88. The van der Waals surface area contributed by atoms with Crippen molar-refractivity contribution in [2.45, 2.75) is 37.9 Å². The van der Waals surface area contributed by atoms with Gasteiger partial charge in [-0.2, -0.15) is 0 Å². The third kappa shape index (κ3) is 7.04. The van der Waals surface area contributed by atoms with E-state index >= 15 is 0 Å². The molecule has 1 fully saturated rings. The Kier molecular flexibility index (Phi) is 8.84. The van der Waals surface area contributed by atoms with Crippen molar-refractivity contribution < 1.29 is 42.9 Å². The minimum absolute atomic E-state index is 0.00510. The van der Waals surface area contributed by atoms with Crippen molar-refractivity contribution >= 4 is 23.9 Å². The second-order valence-electron chi connectivity index (χ2n) is 8.48. The summed E-state index contributed by atoms with van der Waals surface area (Å²) in [6.45, 7) is 0.952. The Morgan fingerprint density at radius 1 is 0.684 bits per heavy atom. The fourth-order valence-electron chi connectivity index (χ4n) is 3.88. The SMILES string of the molecule is CC(=O)O[C@H]1O[C@H](COC(=O)c2ccccc2)C[C@H](OC(=O)c2ccccc2)[C@H]1OC(=O)c1ccccc1. The van der Waals surface area contributed by atoms with E-state index in [4.69, 9.17) is 23.7 Å². The number of hydrogen-bond donors (Lipinski definition) is 0. The van der Waals surface area contributed by atoms with E-state index in [0.717, 1.165) is 0 Å². The number of carbonyl (C=O) groups excluding carboxylic acids is 4. The lowest BCUT2D eigenvalue weighted by Crippen LogP contribution is -2.54. The van der Waals surface area contributed by atoms with Gasteiger partial charge in [0.25, 0.3) is 0 Å². The molecule has 4 atom stereocenters. The van der Waals surface area contributed by atoms with Gasteiger partial charge in [-0.05, 0) is 36.4 Å². The zero-order valence-electron chi connectivity index (χ0n) is 20.6. The molecular formula is C29H26O9. The molecule has 196 valence electrons. The monoisotopic (exact) mass is 518 g/mol. The smallest absolute Gasteiger partial charge is 0.338 e. The summed E-state index contributed by atoms with van der Waals surface area (Å²) in [6.07, 6.45) is -4.59. The Morgan fingerprint density at radius 2 is 1.16 bits per heavy atom. The maximum Gasteiger partial charge on any atom is 0.338 e. The molecule has 0 aromatic heterocycles. The molecule has 0 aliphatic carbocycles. The lowest BCUT2D eigenvalue weighted by molar-refractivity contribution is -0.261. The van der Waals surface area contributed by atoms with Crippen molar-refractivity contribution in [1.82, 2.24) is 0 Å². The molecule has 9 heteroatoms. The summed E-state index contributed by atoms with van der Waals surface area (Å²) in [7, 11) is 0. The van der Waals surface area contributed by atoms with Gasteiger partial charge in [0.15, 0.2) is 0 Å². The van der Waals surface area contributed by atoms with E-state index in [1.807, 2.05) is 0 Å². The predicted octanol–water partition coefficient (Wildman–Crippen LogP) is 3.97. The summed E-state index contributed by atoms with van der Waals surface area (Å²) in [6, 6.07) is 24.9. The van der Waals surface area contributed by atoms with Crippen LogP contribution in [-0.4, -0.2) is 55.1 Å². The largest absolute Gasteiger partial charge is 0.459 e. The van der Waals surface area contributed by atoms with Gasteiger partial charge in [-0.15, -0.1) is 0 Å². The molecule has 0 radical (unpaired) electrons. The van der Waals surface area contributed by atoms with Crippen molar-refractivity contribution in [3.63, 3.8) is 0 Å². The first-order valence-electron chi connectivity index (χ1n) is 12.0. The van der Waals surface area contributed by atoms with E-state index in [0.29, 0.717) is 5.56 Å². The number of rotatable bonds is 8. The fraction of sp³-hybridized carbons (Fsp3) is 0.241. The van der Waals surface area contributed by atoms with Crippen LogP contribution in [0.5, 0.6) is 0 Å². The van der Waals surface area contributed by atoms with Gasteiger partial charge in [0, 0.05) is 13.3 Å². The van der Waals surface area contributed by atoms with E-state index in [-0.39, 0.29) is 24.2 Å². The van der Waals surface area contributed by atoms with Gasteiger partial charge in [0.05, 0.1) is 22.8 Å². The summed E-state index contributed by atoms with van der Waals surface area (Å²) in [5, 5.41) is 0. The summed E-state index contributed by atoms with van der Waals surface area (Å²) in [5.41, 5.74) is 0.880. The Labute approximate surface area is 219 Å². The molecule has 1 aliphatic rings. The Balaban J connectivity index is 1.55. The van der Waals surface area contributed by atoms with Crippen LogP contribution in [0.15, 0.2) is 91.0 Å². The molecule has 0 spiro atoms. The van der Waals surface area contributed by atoms with Gasteiger partial charge in [0.1, 0.15) is 12.7 Å². The second-order valence-corrected chi connectivity index (χ2v) is 8.48. The highest BCUT2D eigenvalue weighted by molar-refractivity contribution is 5.90. The van der Waals surface area contributed by atoms with E-state index in [2.05, 4.69) is 0 Å². The molecule has 1 aliphatic heterocycles. The number of esters is 4. The van der Waals surface area contributed by atoms with Crippen molar-refractivity contribution in [3.05, 3.63) is 108 Å². The summed E-state index contributed by atoms with van der Waals surface area (Å²) in [4.78, 5) is 50.1. The number of hydrogen-bond acceptors (Lipinski definition) is 9. The van der Waals surface area contributed by atoms with Gasteiger partial charge < -0.3 is 23.7 Å². The standard InChI is InChI=1S/C29H26O9/c1-19(30)35-29-25(38-28(33)22-15-9-4-10-16-22)24(37-27(32)21-13-7-3-8-14-21)17-23(36-29)18-34-26(31)20-11-5-2-6-12-20/h2-16,23-25,29H,17-18H2,1H3/t23-,24-,25+,29-/m0/s1. The Morgan fingerprint density at radius 3 is 1.66 bits per heavy atom. The van der Waals surface area contributed by atoms with Crippen LogP contribution in [0.25, 0.3) is 0 Å². The first-order valence-corrected chi connectivity index (χ1v) is 12.0. The van der Waals surface area contributed by atoms with Gasteiger partial charge in [0.2, 0.25) is 12.4 Å². The Hall–Kier alpha value is -4.50. The maximum atomic E-state index is 12.9. The second kappa shape index (κ2) is 12.6. The third-order valence-corrected chi connectivity index (χ3v) is 5.67. The summed E-state index contributed by atoms with van der Waals surface area (Å²) < 4.78 is 28.0. The topological polar surface area (TPSA) is 114 Å². The van der Waals surface area contributed by atoms with Crippen LogP contribution in [0.3, 0.4) is 0 Å². The molecule has 0 N–H and O–H groups in total. The molecule has 3 aromatic carbocycles. The zero-order chi connectivity index (χ0) is 26.9. The molecule has 3 aromatic rings. The molecule has 38 heavy (non-hydrogen) atoms. The first-order chi connectivity index (χ1) is 18.4. The molecule has 0 bridgehead atoms. The van der Waals surface area contributed by atoms with E-state index in [1.165, 1.54) is 6.92 Å². The highest BCUT2D eigenvalue weighted by Gasteiger charge is 2.46. The molecule has 0 unspecified atom stereocenters. The number of ether oxygens (including phenoxy) is 5. The lowest BCUT2D eigenvalue weighted by atomic mass is 10.0. The number of benzene rings is 3. The lowest BCUT2D eigenvalue weighted by Gasteiger charge is -2.39. The molecule has 1 saturated heterocycles. The summed E-state index contributed by atoms with van der Waals surface area (Å²) >= 11 is 0. The highest BCUT2D eigenvalue weighted by atomic mass is 16.7. The van der Waals surface area contributed by atoms with Crippen LogP contribution >= 0.6 is 0 Å². The van der Waals surface area contributed by atoms with Gasteiger partial charge in [-0.25, -0.2) is 14.4 Å². The molecule has 1 heterocycles. The Bertz CT molecular complexity index is 1240. The van der Waals surface area contributed by atoms with Crippen molar-refractivity contribution in [2.24, 2.45) is 0 Å². The van der Waals surface area contributed by atoms with E-state index in [9.17, 15) is 19.2 Å². The van der Waals surface area contributed by atoms with Crippen LogP contribution in [0.1, 0.15) is 44.4 Å². The molecular weight excluding hydrogens is 492 g/mol. The van der Waals surface area contributed by atoms with Crippen molar-refractivity contribution in [1.29, 1.82) is 0 Å². The first kappa shape index (κ1) is 26.6. The summed E-state index contributed by atoms with van der Waals surface area (Å²) in [5.74, 6) is -2.66. The van der Waals surface area contributed by atoms with E-state index < -0.39 is 48.5 Å². The highest BCUT2D eigenvalue weighted by Crippen LogP contribution is 2.28. The van der Waals surface area contributed by atoms with Crippen LogP contribution in [0, 0.1) is 0 Å². The van der Waals surface area contributed by atoms with Crippen LogP contribution in [0.2, 0.25) is 0 Å². The van der Waals surface area contributed by atoms with Crippen molar-refractivity contribution in [2.75, 3.05) is 6.61 Å².